The van der Waals surface area contributed by atoms with Crippen molar-refractivity contribution < 1.29 is 18.3 Å². The first-order valence-corrected chi connectivity index (χ1v) is 26.6. The molecule has 0 N–H and O–H groups in total. The van der Waals surface area contributed by atoms with Crippen LogP contribution < -0.4 is 0 Å². The van der Waals surface area contributed by atoms with E-state index in [1.165, 1.54) is 44.6 Å². The Hall–Kier alpha value is -1.16. The highest BCUT2D eigenvalue weighted by molar-refractivity contribution is 7.80. The Morgan fingerprint density at radius 1 is 0.308 bits per heavy atom. The van der Waals surface area contributed by atoms with Crippen molar-refractivity contribution >= 4 is 28.6 Å². The molecule has 12 atom stereocenters. The number of hydrogen-bond donors (Lipinski definition) is 0. The Balaban J connectivity index is 0.000000162. The molecule has 0 fully saturated rings. The van der Waals surface area contributed by atoms with E-state index in [0.29, 0.717) is 0 Å². The van der Waals surface area contributed by atoms with Crippen molar-refractivity contribution in [1.29, 1.82) is 0 Å². The molecule has 0 aromatic carbocycles. The second-order valence-electron chi connectivity index (χ2n) is 18.9. The van der Waals surface area contributed by atoms with Crippen LogP contribution in [0.15, 0.2) is 87.1 Å². The van der Waals surface area contributed by atoms with Gasteiger partial charge in [-0.2, -0.15) is 0 Å². The minimum Gasteiger partial charge on any atom is -0.314 e. The fourth-order valence-electron chi connectivity index (χ4n) is 13.5. The molecule has 0 aliphatic carbocycles. The number of fused-ring (bicyclic) bond motifs is 8. The van der Waals surface area contributed by atoms with Crippen molar-refractivity contribution in [2.24, 2.45) is 21.7 Å². The van der Waals surface area contributed by atoms with Crippen LogP contribution in [0, 0.1) is 21.7 Å². The van der Waals surface area contributed by atoms with E-state index >= 15 is 0 Å². The number of rotatable bonds is 2. The van der Waals surface area contributed by atoms with Gasteiger partial charge in [0.25, 0.3) is 0 Å². The van der Waals surface area contributed by atoms with Crippen molar-refractivity contribution in [2.75, 3.05) is 0 Å². The molecule has 0 amide bonds. The molecule has 0 saturated carbocycles. The van der Waals surface area contributed by atoms with Crippen LogP contribution in [0.25, 0.3) is 0 Å². The van der Waals surface area contributed by atoms with Crippen LogP contribution in [0.1, 0.15) is 138 Å². The fourth-order valence-corrected chi connectivity index (χ4v) is 32.7. The first-order chi connectivity index (χ1) is 23.5. The lowest BCUT2D eigenvalue weighted by Gasteiger charge is -2.32. The molecular weight excluding hydrogens is 716 g/mol. The topological polar surface area (TPSA) is 68.3 Å². The third-order valence-electron chi connectivity index (χ3n) is 19.1. The summed E-state index contributed by atoms with van der Waals surface area (Å²) < 4.78 is 58.0. The smallest absolute Gasteiger partial charge is 0.143 e. The van der Waals surface area contributed by atoms with Crippen LogP contribution in [0.2, 0.25) is 0 Å². The highest BCUT2D eigenvalue weighted by Crippen LogP contribution is 2.93. The van der Waals surface area contributed by atoms with E-state index in [1.807, 2.05) is 0 Å². The Bertz CT molecular complexity index is 2040. The lowest BCUT2D eigenvalue weighted by molar-refractivity contribution is 0.477. The van der Waals surface area contributed by atoms with Gasteiger partial charge < -0.3 is 18.3 Å². The third-order valence-corrected chi connectivity index (χ3v) is 36.1. The van der Waals surface area contributed by atoms with Crippen LogP contribution in [0.4, 0.5) is 0 Å². The van der Waals surface area contributed by atoms with Gasteiger partial charge in [0.2, 0.25) is 0 Å². The zero-order valence-electron chi connectivity index (χ0n) is 35.7. The molecule has 8 rings (SSSR count). The second-order valence-corrected chi connectivity index (χ2v) is 31.7. The van der Waals surface area contributed by atoms with Crippen molar-refractivity contribution in [3.8, 4) is 0 Å². The summed E-state index contributed by atoms with van der Waals surface area (Å²) >= 11 is 0. The van der Waals surface area contributed by atoms with Gasteiger partial charge in [0.1, 0.15) is 28.6 Å². The average Bonchev–Trinajstić information content (AvgIpc) is 3.68. The van der Waals surface area contributed by atoms with Gasteiger partial charge in [-0.15, -0.1) is 0 Å². The van der Waals surface area contributed by atoms with Crippen LogP contribution in [0.3, 0.4) is 0 Å². The predicted molar refractivity (Wildman–Crippen MR) is 225 cm³/mol. The van der Waals surface area contributed by atoms with Crippen molar-refractivity contribution in [3.05, 3.63) is 87.1 Å². The van der Waals surface area contributed by atoms with Gasteiger partial charge >= 0.3 is 0 Å². The standard InChI is InChI=1S/2C22H32O2P2/c2*1-11-15(5)25(23)17(7)21(11,9)13(3)19(25)20-14(4)22(10)12(2)16(6)26(20,24)18(22)8/h2*17-18H,1-10H3/t2*17?,18?,21-,22-,25+,26+/m10/s1. The van der Waals surface area contributed by atoms with E-state index in [2.05, 4.69) is 138 Å². The fraction of sp³-hybridized carbons (Fsp3) is 0.636. The number of hydrogen-bond acceptors (Lipinski definition) is 4. The monoisotopic (exact) mass is 780 g/mol. The lowest BCUT2D eigenvalue weighted by atomic mass is 9.72. The van der Waals surface area contributed by atoms with Gasteiger partial charge in [-0.1, -0.05) is 100.0 Å². The van der Waals surface area contributed by atoms with Crippen molar-refractivity contribution in [3.63, 3.8) is 0 Å². The van der Waals surface area contributed by atoms with Gasteiger partial charge in [-0.05, 0) is 104 Å². The predicted octanol–water partition coefficient (Wildman–Crippen LogP) is 15.4. The normalized spacial score (nSPS) is 50.2. The molecule has 8 bridgehead atoms. The summed E-state index contributed by atoms with van der Waals surface area (Å²) in [6.45, 7) is 43.0. The lowest BCUT2D eigenvalue weighted by Crippen LogP contribution is -2.24. The summed E-state index contributed by atoms with van der Waals surface area (Å²) in [4.78, 5) is 0. The van der Waals surface area contributed by atoms with Crippen LogP contribution in [0.5, 0.6) is 0 Å². The molecule has 8 heteroatoms. The number of allylic oxidation sites excluding steroid dienone is 16. The van der Waals surface area contributed by atoms with Crippen LogP contribution in [-0.2, 0) is 18.3 Å². The van der Waals surface area contributed by atoms with E-state index in [-0.39, 0.29) is 44.3 Å². The molecule has 0 spiro atoms. The highest BCUT2D eigenvalue weighted by Gasteiger charge is 2.70. The van der Waals surface area contributed by atoms with E-state index in [9.17, 15) is 18.3 Å². The summed E-state index contributed by atoms with van der Waals surface area (Å²) in [6, 6.07) is 0. The van der Waals surface area contributed by atoms with E-state index in [1.54, 1.807) is 0 Å². The molecule has 0 saturated heterocycles. The molecule has 52 heavy (non-hydrogen) atoms. The average molecular weight is 781 g/mol. The van der Waals surface area contributed by atoms with Crippen molar-refractivity contribution in [1.82, 2.24) is 0 Å². The Kier molecular flexibility index (Phi) is 7.83. The molecule has 8 aliphatic rings. The SMILES string of the molecule is CC1=C(C)[P@@]2(=O)C(C3=C(C)[C@@]4(C)C(C)=C(C)[P@]3(=O)C4C)=C(C)[C@]1(C)C2C.CC1=C(C)[P@]2(=O)C(C3=C(C)[C@]4(C)C(C)=C(C)[P@@]3(=O)C4C)=C(C)[C@@]1(C)C2C. The van der Waals surface area contributed by atoms with Gasteiger partial charge in [0.15, 0.2) is 0 Å². The Morgan fingerprint density at radius 3 is 0.558 bits per heavy atom. The van der Waals surface area contributed by atoms with Gasteiger partial charge in [-0.3, -0.25) is 0 Å². The zero-order valence-corrected chi connectivity index (χ0v) is 39.3. The highest BCUT2D eigenvalue weighted by atomic mass is 31.2. The maximum atomic E-state index is 14.5. The minimum absolute atomic E-state index is 0.0886. The molecule has 0 aromatic heterocycles. The molecular formula is C44H64O4P4. The van der Waals surface area contributed by atoms with Gasteiger partial charge in [0, 0.05) is 65.6 Å². The molecule has 8 aliphatic heterocycles. The Labute approximate surface area is 315 Å². The molecule has 0 aromatic rings. The maximum Gasteiger partial charge on any atom is 0.143 e. The quantitative estimate of drug-likeness (QED) is 0.262. The first kappa shape index (κ1) is 39.1. The van der Waals surface area contributed by atoms with Crippen LogP contribution in [-0.4, -0.2) is 22.6 Å². The summed E-state index contributed by atoms with van der Waals surface area (Å²) in [5, 5.41) is 8.27. The second kappa shape index (κ2) is 10.4. The summed E-state index contributed by atoms with van der Waals surface area (Å²) in [5.41, 5.74) is 9.72. The van der Waals surface area contributed by atoms with E-state index in [4.69, 9.17) is 0 Å². The summed E-state index contributed by atoms with van der Waals surface area (Å²) in [5.74, 6) is 0. The molecule has 0 radical (unpaired) electrons. The molecule has 8 heterocycles. The molecule has 4 nitrogen and oxygen atoms in total. The molecule has 284 valence electrons. The van der Waals surface area contributed by atoms with E-state index < -0.39 is 28.6 Å². The maximum absolute atomic E-state index is 14.5. The zero-order chi connectivity index (χ0) is 39.5. The Morgan fingerprint density at radius 2 is 0.442 bits per heavy atom. The minimum atomic E-state index is -2.70. The van der Waals surface area contributed by atoms with Gasteiger partial charge in [-0.25, -0.2) is 0 Å². The third kappa shape index (κ3) is 3.34. The summed E-state index contributed by atoms with van der Waals surface area (Å²) in [6.07, 6.45) is 0. The van der Waals surface area contributed by atoms with Crippen molar-refractivity contribution in [2.45, 2.75) is 161 Å². The largest absolute Gasteiger partial charge is 0.314 e. The van der Waals surface area contributed by atoms with E-state index in [0.717, 1.165) is 42.5 Å². The van der Waals surface area contributed by atoms with Crippen LogP contribution >= 0.6 is 28.6 Å². The first-order valence-electron chi connectivity index (χ1n) is 19.5. The summed E-state index contributed by atoms with van der Waals surface area (Å²) in [7, 11) is -10.8. The van der Waals surface area contributed by atoms with Gasteiger partial charge in [0.05, 0.1) is 0 Å². The molecule has 4 unspecified atom stereocenters.